The molecule has 7 heteroatoms. The van der Waals surface area contributed by atoms with Crippen molar-refractivity contribution in [1.29, 1.82) is 5.26 Å². The lowest BCUT2D eigenvalue weighted by Crippen LogP contribution is -2.21. The predicted octanol–water partition coefficient (Wildman–Crippen LogP) is 5.92. The van der Waals surface area contributed by atoms with Gasteiger partial charge in [0.1, 0.15) is 28.9 Å². The van der Waals surface area contributed by atoms with Gasteiger partial charge < -0.3 is 19.9 Å². The van der Waals surface area contributed by atoms with Crippen molar-refractivity contribution in [3.05, 3.63) is 99.3 Å². The average Bonchev–Trinajstić information content (AvgIpc) is 2.82. The Balaban J connectivity index is 1.56. The molecule has 1 unspecified atom stereocenters. The number of fused-ring (bicyclic) bond motifs is 1. The molecule has 1 heterocycles. The van der Waals surface area contributed by atoms with Gasteiger partial charge in [-0.2, -0.15) is 5.26 Å². The van der Waals surface area contributed by atoms with Gasteiger partial charge in [-0.15, -0.1) is 0 Å². The highest BCUT2D eigenvalue weighted by atomic mass is 79.9. The Morgan fingerprint density at radius 2 is 1.76 bits per heavy atom. The predicted molar refractivity (Wildman–Crippen MR) is 132 cm³/mol. The summed E-state index contributed by atoms with van der Waals surface area (Å²) < 4.78 is 17.9. The van der Waals surface area contributed by atoms with Gasteiger partial charge in [0.2, 0.25) is 5.88 Å². The molecule has 0 radical (unpaired) electrons. The molecule has 4 rings (SSSR count). The molecule has 0 aliphatic carbocycles. The normalized spacial score (nSPS) is 14.7. The number of nitrogens with two attached hydrogens (primary N) is 1. The molecule has 0 saturated heterocycles. The van der Waals surface area contributed by atoms with Gasteiger partial charge in [-0.1, -0.05) is 48.0 Å². The summed E-state index contributed by atoms with van der Waals surface area (Å²) in [5, 5.41) is 9.70. The van der Waals surface area contributed by atoms with Crippen LogP contribution >= 0.6 is 15.9 Å². The maximum atomic E-state index is 12.7. The van der Waals surface area contributed by atoms with Gasteiger partial charge in [0.15, 0.2) is 0 Å². The van der Waals surface area contributed by atoms with Crippen LogP contribution < -0.4 is 19.9 Å². The van der Waals surface area contributed by atoms with E-state index in [0.717, 1.165) is 15.6 Å². The zero-order valence-electron chi connectivity index (χ0n) is 18.7. The first kappa shape index (κ1) is 23.4. The first-order chi connectivity index (χ1) is 16.4. The summed E-state index contributed by atoms with van der Waals surface area (Å²) in [6.07, 6.45) is 0. The van der Waals surface area contributed by atoms with E-state index in [1.807, 2.05) is 24.3 Å². The van der Waals surface area contributed by atoms with Crippen LogP contribution in [0.3, 0.4) is 0 Å². The minimum Gasteiger partial charge on any atom is -0.493 e. The molecule has 0 fully saturated rings. The minimum absolute atomic E-state index is 0.0309. The second-order valence-corrected chi connectivity index (χ2v) is 9.21. The number of ether oxygens (including phenoxy) is 3. The van der Waals surface area contributed by atoms with Crippen LogP contribution in [0.5, 0.6) is 17.2 Å². The van der Waals surface area contributed by atoms with Crippen LogP contribution in [-0.2, 0) is 0 Å². The van der Waals surface area contributed by atoms with E-state index in [-0.39, 0.29) is 11.8 Å². The number of nitrogens with zero attached hydrogens (tertiary/aromatic N) is 1. The molecule has 0 aromatic heterocycles. The maximum Gasteiger partial charge on any atom is 0.343 e. The van der Waals surface area contributed by atoms with Crippen LogP contribution in [0, 0.1) is 17.2 Å². The summed E-state index contributed by atoms with van der Waals surface area (Å²) in [5.74, 6) is 0.998. The molecule has 1 atom stereocenters. The SMILES string of the molecule is CC(C)COc1ccc(C(=O)Oc2ccc3c(c2)OC(N)=C(C#N)C3c2ccc(Br)cc2)cc1. The van der Waals surface area contributed by atoms with Crippen molar-refractivity contribution in [2.24, 2.45) is 11.7 Å². The Morgan fingerprint density at radius 1 is 1.09 bits per heavy atom. The van der Waals surface area contributed by atoms with Crippen LogP contribution in [0.15, 0.2) is 82.7 Å². The van der Waals surface area contributed by atoms with Crippen molar-refractivity contribution in [2.75, 3.05) is 6.61 Å². The topological polar surface area (TPSA) is 94.6 Å². The monoisotopic (exact) mass is 518 g/mol. The molecule has 3 aromatic carbocycles. The van der Waals surface area contributed by atoms with E-state index in [2.05, 4.69) is 35.8 Å². The van der Waals surface area contributed by atoms with Gasteiger partial charge in [-0.3, -0.25) is 0 Å². The van der Waals surface area contributed by atoms with Crippen LogP contribution in [0.25, 0.3) is 0 Å². The van der Waals surface area contributed by atoms with Crippen molar-refractivity contribution in [3.8, 4) is 23.3 Å². The number of allylic oxidation sites excluding steroid dienone is 1. The molecule has 6 nitrogen and oxygen atoms in total. The molecular weight excluding hydrogens is 496 g/mol. The molecular formula is C27H23BrN2O4. The van der Waals surface area contributed by atoms with Crippen molar-refractivity contribution >= 4 is 21.9 Å². The Bertz CT molecular complexity index is 1280. The van der Waals surface area contributed by atoms with Gasteiger partial charge in [0.05, 0.1) is 18.1 Å². The van der Waals surface area contributed by atoms with Crippen LogP contribution in [0.4, 0.5) is 0 Å². The summed E-state index contributed by atoms with van der Waals surface area (Å²) in [7, 11) is 0. The number of nitriles is 1. The molecule has 0 amide bonds. The summed E-state index contributed by atoms with van der Waals surface area (Å²) in [4.78, 5) is 12.7. The number of carbonyl (C=O) groups excluding carboxylic acids is 1. The fraction of sp³-hybridized carbons (Fsp3) is 0.185. The zero-order chi connectivity index (χ0) is 24.2. The summed E-state index contributed by atoms with van der Waals surface area (Å²) in [6, 6.07) is 21.7. The van der Waals surface area contributed by atoms with E-state index in [1.165, 1.54) is 0 Å². The molecule has 0 spiro atoms. The quantitative estimate of drug-likeness (QED) is 0.321. The molecule has 34 heavy (non-hydrogen) atoms. The lowest BCUT2D eigenvalue weighted by atomic mass is 9.83. The summed E-state index contributed by atoms with van der Waals surface area (Å²) in [6.45, 7) is 4.74. The zero-order valence-corrected chi connectivity index (χ0v) is 20.3. The third-order valence-electron chi connectivity index (χ3n) is 5.28. The van der Waals surface area contributed by atoms with Crippen molar-refractivity contribution < 1.29 is 19.0 Å². The molecule has 1 aliphatic heterocycles. The molecule has 0 bridgehead atoms. The van der Waals surface area contributed by atoms with E-state index >= 15 is 0 Å². The minimum atomic E-state index is -0.503. The molecule has 3 aromatic rings. The van der Waals surface area contributed by atoms with E-state index in [9.17, 15) is 10.1 Å². The van der Waals surface area contributed by atoms with E-state index < -0.39 is 5.97 Å². The summed E-state index contributed by atoms with van der Waals surface area (Å²) in [5.41, 5.74) is 8.46. The van der Waals surface area contributed by atoms with Crippen LogP contribution in [0.2, 0.25) is 0 Å². The second-order valence-electron chi connectivity index (χ2n) is 8.29. The Kier molecular flexibility index (Phi) is 6.90. The lowest BCUT2D eigenvalue weighted by molar-refractivity contribution is 0.0734. The maximum absolute atomic E-state index is 12.7. The largest absolute Gasteiger partial charge is 0.493 e. The van der Waals surface area contributed by atoms with Crippen LogP contribution in [-0.4, -0.2) is 12.6 Å². The smallest absolute Gasteiger partial charge is 0.343 e. The van der Waals surface area contributed by atoms with Crippen molar-refractivity contribution in [3.63, 3.8) is 0 Å². The number of halogens is 1. The first-order valence-electron chi connectivity index (χ1n) is 10.8. The highest BCUT2D eigenvalue weighted by molar-refractivity contribution is 9.10. The van der Waals surface area contributed by atoms with Gasteiger partial charge in [0.25, 0.3) is 0 Å². The van der Waals surface area contributed by atoms with Gasteiger partial charge in [-0.05, 0) is 53.9 Å². The van der Waals surface area contributed by atoms with Gasteiger partial charge >= 0.3 is 5.97 Å². The number of rotatable bonds is 6. The third kappa shape index (κ3) is 5.08. The Labute approximate surface area is 206 Å². The fourth-order valence-corrected chi connectivity index (χ4v) is 3.88. The Morgan fingerprint density at radius 3 is 2.41 bits per heavy atom. The standard InChI is InChI=1S/C27H23BrN2O4/c1-16(2)15-32-20-9-5-18(6-10-20)27(31)33-21-11-12-22-24(13-21)34-26(30)23(14-29)25(22)17-3-7-19(28)8-4-17/h3-13,16,25H,15,30H2,1-2H3. The van der Waals surface area contributed by atoms with E-state index in [0.29, 0.717) is 40.9 Å². The first-order valence-corrected chi connectivity index (χ1v) is 11.6. The highest BCUT2D eigenvalue weighted by Crippen LogP contribution is 2.43. The van der Waals surface area contributed by atoms with E-state index in [4.69, 9.17) is 19.9 Å². The number of esters is 1. The van der Waals surface area contributed by atoms with Gasteiger partial charge in [0, 0.05) is 16.1 Å². The third-order valence-corrected chi connectivity index (χ3v) is 5.81. The number of benzene rings is 3. The lowest BCUT2D eigenvalue weighted by Gasteiger charge is -2.26. The Hall–Kier alpha value is -3.76. The summed E-state index contributed by atoms with van der Waals surface area (Å²) >= 11 is 3.43. The molecule has 172 valence electrons. The molecule has 0 saturated carbocycles. The van der Waals surface area contributed by atoms with Crippen molar-refractivity contribution in [1.82, 2.24) is 0 Å². The number of hydrogen-bond acceptors (Lipinski definition) is 6. The van der Waals surface area contributed by atoms with E-state index in [1.54, 1.807) is 42.5 Å². The molecule has 1 aliphatic rings. The number of hydrogen-bond donors (Lipinski definition) is 1. The molecule has 2 N–H and O–H groups in total. The number of carbonyl (C=O) groups is 1. The van der Waals surface area contributed by atoms with Crippen molar-refractivity contribution in [2.45, 2.75) is 19.8 Å². The second kappa shape index (κ2) is 10.0. The highest BCUT2D eigenvalue weighted by Gasteiger charge is 2.31. The van der Waals surface area contributed by atoms with Crippen LogP contribution in [0.1, 0.15) is 41.3 Å². The van der Waals surface area contributed by atoms with Gasteiger partial charge in [-0.25, -0.2) is 4.79 Å². The fourth-order valence-electron chi connectivity index (χ4n) is 3.61. The average molecular weight is 519 g/mol.